The molecule has 0 fully saturated rings. The van der Waals surface area contributed by atoms with Crippen molar-refractivity contribution in [2.75, 3.05) is 19.0 Å². The summed E-state index contributed by atoms with van der Waals surface area (Å²) in [4.78, 5) is 0. The predicted octanol–water partition coefficient (Wildman–Crippen LogP) is 2.95. The minimum absolute atomic E-state index is 0.546. The average molecular weight is 224 g/mol. The first-order valence-corrected chi connectivity index (χ1v) is 5.62. The number of rotatable bonds is 6. The summed E-state index contributed by atoms with van der Waals surface area (Å²) in [6, 6.07) is 7.67. The van der Waals surface area contributed by atoms with E-state index in [-0.39, 0.29) is 0 Å². The van der Waals surface area contributed by atoms with Gasteiger partial charge in [0.15, 0.2) is 11.5 Å². The third kappa shape index (κ3) is 4.30. The van der Waals surface area contributed by atoms with Crippen molar-refractivity contribution in [3.63, 3.8) is 0 Å². The summed E-state index contributed by atoms with van der Waals surface area (Å²) in [5, 5.41) is 0. The topological polar surface area (TPSA) is 18.5 Å². The summed E-state index contributed by atoms with van der Waals surface area (Å²) in [6.07, 6.45) is 3.89. The normalized spacial score (nSPS) is 10.5. The van der Waals surface area contributed by atoms with Crippen LogP contribution in [0, 0.1) is 0 Å². The van der Waals surface area contributed by atoms with E-state index in [1.165, 1.54) is 0 Å². The van der Waals surface area contributed by atoms with Crippen LogP contribution in [0.25, 0.3) is 0 Å². The minimum Gasteiger partial charge on any atom is -0.490 e. The average Bonchev–Trinajstić information content (AvgIpc) is 2.27. The fourth-order valence-corrected chi connectivity index (χ4v) is 1.27. The molecule has 15 heavy (non-hydrogen) atoms. The molecule has 0 unspecified atom stereocenters. The van der Waals surface area contributed by atoms with E-state index in [9.17, 15) is 0 Å². The largest absolute Gasteiger partial charge is 0.490 e. The van der Waals surface area contributed by atoms with Gasteiger partial charge in [-0.1, -0.05) is 24.3 Å². The number of ether oxygens (including phenoxy) is 2. The Kier molecular flexibility index (Phi) is 5.78. The zero-order valence-corrected chi connectivity index (χ0v) is 9.74. The maximum Gasteiger partial charge on any atom is 0.161 e. The third-order valence-electron chi connectivity index (χ3n) is 1.76. The highest BCUT2D eigenvalue weighted by Crippen LogP contribution is 2.26. The van der Waals surface area contributed by atoms with Gasteiger partial charge in [0.2, 0.25) is 0 Å². The molecular formula is C12H16O2S. The Morgan fingerprint density at radius 2 is 1.80 bits per heavy atom. The van der Waals surface area contributed by atoms with Crippen molar-refractivity contribution in [3.05, 3.63) is 36.4 Å². The summed E-state index contributed by atoms with van der Waals surface area (Å²) in [5.41, 5.74) is 0. The highest BCUT2D eigenvalue weighted by Gasteiger charge is 2.01. The standard InChI is InChI=1S/C12H16O2S/c1-2-13-11-7-3-4-8-12(11)14-9-5-6-10-15/h3-8,15H,2,9-10H2,1H3. The molecule has 0 spiro atoms. The first kappa shape index (κ1) is 12.0. The molecule has 0 aromatic heterocycles. The summed E-state index contributed by atoms with van der Waals surface area (Å²) >= 11 is 4.07. The van der Waals surface area contributed by atoms with Crippen LogP contribution >= 0.6 is 12.6 Å². The van der Waals surface area contributed by atoms with Gasteiger partial charge in [-0.25, -0.2) is 0 Å². The molecule has 1 rings (SSSR count). The fraction of sp³-hybridized carbons (Fsp3) is 0.333. The zero-order chi connectivity index (χ0) is 10.9. The SMILES string of the molecule is CCOc1ccccc1OCC=CCS. The lowest BCUT2D eigenvalue weighted by Gasteiger charge is -2.09. The first-order valence-electron chi connectivity index (χ1n) is 4.99. The van der Waals surface area contributed by atoms with Crippen molar-refractivity contribution in [3.8, 4) is 11.5 Å². The fourth-order valence-electron chi connectivity index (χ4n) is 1.12. The number of hydrogen-bond acceptors (Lipinski definition) is 3. The van der Waals surface area contributed by atoms with Gasteiger partial charge < -0.3 is 9.47 Å². The summed E-state index contributed by atoms with van der Waals surface area (Å²) in [6.45, 7) is 3.15. The van der Waals surface area contributed by atoms with Crippen LogP contribution in [-0.4, -0.2) is 19.0 Å². The van der Waals surface area contributed by atoms with E-state index in [0.29, 0.717) is 13.2 Å². The Morgan fingerprint density at radius 3 is 2.40 bits per heavy atom. The van der Waals surface area contributed by atoms with Gasteiger partial charge in [-0.3, -0.25) is 0 Å². The molecule has 0 atom stereocenters. The molecule has 1 aromatic carbocycles. The van der Waals surface area contributed by atoms with Gasteiger partial charge in [-0.2, -0.15) is 12.6 Å². The van der Waals surface area contributed by atoms with Crippen molar-refractivity contribution >= 4 is 12.6 Å². The van der Waals surface area contributed by atoms with Crippen LogP contribution in [0.3, 0.4) is 0 Å². The van der Waals surface area contributed by atoms with Gasteiger partial charge in [-0.05, 0) is 19.1 Å². The van der Waals surface area contributed by atoms with Crippen molar-refractivity contribution in [2.45, 2.75) is 6.92 Å². The smallest absolute Gasteiger partial charge is 0.161 e. The molecule has 0 heterocycles. The highest BCUT2D eigenvalue weighted by atomic mass is 32.1. The minimum atomic E-state index is 0.546. The monoisotopic (exact) mass is 224 g/mol. The maximum atomic E-state index is 5.55. The van der Waals surface area contributed by atoms with Gasteiger partial charge in [0.25, 0.3) is 0 Å². The van der Waals surface area contributed by atoms with Crippen LogP contribution < -0.4 is 9.47 Å². The molecule has 0 amide bonds. The van der Waals surface area contributed by atoms with Crippen LogP contribution in [0.5, 0.6) is 11.5 Å². The Balaban J connectivity index is 2.55. The van der Waals surface area contributed by atoms with Crippen LogP contribution in [0.1, 0.15) is 6.92 Å². The second-order valence-corrected chi connectivity index (χ2v) is 3.21. The molecule has 1 aromatic rings. The van der Waals surface area contributed by atoms with E-state index < -0.39 is 0 Å². The lowest BCUT2D eigenvalue weighted by atomic mass is 10.3. The molecule has 0 bridgehead atoms. The van der Waals surface area contributed by atoms with Crippen LogP contribution in [0.15, 0.2) is 36.4 Å². The van der Waals surface area contributed by atoms with Gasteiger partial charge in [0, 0.05) is 5.75 Å². The van der Waals surface area contributed by atoms with E-state index in [4.69, 9.17) is 9.47 Å². The number of hydrogen-bond donors (Lipinski definition) is 1. The lowest BCUT2D eigenvalue weighted by molar-refractivity contribution is 0.297. The Hall–Kier alpha value is -1.09. The third-order valence-corrected chi connectivity index (χ3v) is 1.97. The molecule has 0 aliphatic carbocycles. The Labute approximate surface area is 96.3 Å². The molecule has 0 aliphatic heterocycles. The molecule has 0 saturated carbocycles. The van der Waals surface area contributed by atoms with E-state index in [0.717, 1.165) is 17.3 Å². The first-order chi connectivity index (χ1) is 7.38. The van der Waals surface area contributed by atoms with E-state index in [2.05, 4.69) is 12.6 Å². The second-order valence-electron chi connectivity index (χ2n) is 2.84. The van der Waals surface area contributed by atoms with Gasteiger partial charge in [0.05, 0.1) is 6.61 Å². The van der Waals surface area contributed by atoms with E-state index in [1.807, 2.05) is 43.3 Å². The maximum absolute atomic E-state index is 5.55. The quantitative estimate of drug-likeness (QED) is 0.591. The molecule has 0 saturated heterocycles. The van der Waals surface area contributed by atoms with Crippen LogP contribution in [0.2, 0.25) is 0 Å². The zero-order valence-electron chi connectivity index (χ0n) is 8.85. The van der Waals surface area contributed by atoms with Gasteiger partial charge >= 0.3 is 0 Å². The Bertz CT molecular complexity index is 310. The molecule has 0 radical (unpaired) electrons. The van der Waals surface area contributed by atoms with E-state index in [1.54, 1.807) is 0 Å². The highest BCUT2D eigenvalue weighted by molar-refractivity contribution is 7.80. The van der Waals surface area contributed by atoms with Crippen LogP contribution in [-0.2, 0) is 0 Å². The Morgan fingerprint density at radius 1 is 1.13 bits per heavy atom. The van der Waals surface area contributed by atoms with Gasteiger partial charge in [0.1, 0.15) is 6.61 Å². The van der Waals surface area contributed by atoms with Gasteiger partial charge in [-0.15, -0.1) is 0 Å². The van der Waals surface area contributed by atoms with Crippen LogP contribution in [0.4, 0.5) is 0 Å². The summed E-state index contributed by atoms with van der Waals surface area (Å²) in [5.74, 6) is 2.30. The molecule has 2 nitrogen and oxygen atoms in total. The predicted molar refractivity (Wildman–Crippen MR) is 66.1 cm³/mol. The molecule has 0 aliphatic rings. The molecule has 82 valence electrons. The number of thiol groups is 1. The van der Waals surface area contributed by atoms with Crippen molar-refractivity contribution in [2.24, 2.45) is 0 Å². The summed E-state index contributed by atoms with van der Waals surface area (Å²) in [7, 11) is 0. The number of para-hydroxylation sites is 2. The van der Waals surface area contributed by atoms with Crippen molar-refractivity contribution < 1.29 is 9.47 Å². The summed E-state index contributed by atoms with van der Waals surface area (Å²) < 4.78 is 11.0. The lowest BCUT2D eigenvalue weighted by Crippen LogP contribution is -1.98. The molecule has 0 N–H and O–H groups in total. The second kappa shape index (κ2) is 7.23. The van der Waals surface area contributed by atoms with Crippen molar-refractivity contribution in [1.29, 1.82) is 0 Å². The van der Waals surface area contributed by atoms with E-state index >= 15 is 0 Å². The molecular weight excluding hydrogens is 208 g/mol. The van der Waals surface area contributed by atoms with Crippen molar-refractivity contribution in [1.82, 2.24) is 0 Å². The molecule has 3 heteroatoms. The number of benzene rings is 1.